The van der Waals surface area contributed by atoms with Gasteiger partial charge in [0.05, 0.1) is 0 Å². The zero-order chi connectivity index (χ0) is 13.7. The predicted molar refractivity (Wildman–Crippen MR) is 74.4 cm³/mol. The molecule has 1 aliphatic heterocycles. The van der Waals surface area contributed by atoms with E-state index in [4.69, 9.17) is 5.73 Å². The van der Waals surface area contributed by atoms with Crippen molar-refractivity contribution in [3.05, 3.63) is 30.1 Å². The summed E-state index contributed by atoms with van der Waals surface area (Å²) in [5.74, 6) is 0.0566. The van der Waals surface area contributed by atoms with Gasteiger partial charge in [-0.25, -0.2) is 0 Å². The molecule has 0 radical (unpaired) electrons. The molecule has 5 heteroatoms. The highest BCUT2D eigenvalue weighted by molar-refractivity contribution is 5.73. The number of aromatic nitrogens is 1. The Morgan fingerprint density at radius 1 is 1.58 bits per heavy atom. The van der Waals surface area contributed by atoms with Gasteiger partial charge in [-0.15, -0.1) is 0 Å². The zero-order valence-corrected chi connectivity index (χ0v) is 11.4. The van der Waals surface area contributed by atoms with E-state index in [1.807, 2.05) is 12.3 Å². The van der Waals surface area contributed by atoms with Crippen LogP contribution in [-0.2, 0) is 4.79 Å². The van der Waals surface area contributed by atoms with Crippen LogP contribution in [0.4, 0.5) is 0 Å². The fraction of sp³-hybridized carbons (Fsp3) is 0.571. The maximum Gasteiger partial charge on any atom is 0.217 e. The van der Waals surface area contributed by atoms with E-state index >= 15 is 0 Å². The number of nitrogens with two attached hydrogens (primary N) is 1. The first-order valence-electron chi connectivity index (χ1n) is 6.82. The van der Waals surface area contributed by atoms with Crippen molar-refractivity contribution in [1.82, 2.24) is 15.2 Å². The van der Waals surface area contributed by atoms with E-state index in [2.05, 4.69) is 21.3 Å². The van der Waals surface area contributed by atoms with E-state index in [0.717, 1.165) is 25.9 Å². The molecule has 1 aliphatic rings. The Labute approximate surface area is 114 Å². The number of carbonyl (C=O) groups is 1. The molecule has 0 spiro atoms. The van der Waals surface area contributed by atoms with Gasteiger partial charge in [-0.3, -0.25) is 14.7 Å². The third-order valence-corrected chi connectivity index (χ3v) is 3.67. The third kappa shape index (κ3) is 3.75. The number of rotatable bonds is 4. The number of piperidine rings is 1. The molecule has 0 saturated carbocycles. The van der Waals surface area contributed by atoms with Crippen LogP contribution in [0.3, 0.4) is 0 Å². The van der Waals surface area contributed by atoms with Gasteiger partial charge < -0.3 is 11.1 Å². The summed E-state index contributed by atoms with van der Waals surface area (Å²) in [4.78, 5) is 17.6. The average Bonchev–Trinajstić information content (AvgIpc) is 2.42. The normalized spacial score (nSPS) is 19.1. The van der Waals surface area contributed by atoms with Crippen LogP contribution >= 0.6 is 0 Å². The van der Waals surface area contributed by atoms with Crippen LogP contribution < -0.4 is 11.1 Å². The summed E-state index contributed by atoms with van der Waals surface area (Å²) in [6.07, 6.45) is 5.63. The first-order valence-corrected chi connectivity index (χ1v) is 6.82. The minimum atomic E-state index is 0.0566. The second-order valence-corrected chi connectivity index (χ2v) is 5.05. The summed E-state index contributed by atoms with van der Waals surface area (Å²) in [6.45, 7) is 4.09. The first kappa shape index (κ1) is 14.0. The van der Waals surface area contributed by atoms with E-state index in [1.165, 1.54) is 5.56 Å². The largest absolute Gasteiger partial charge is 0.354 e. The van der Waals surface area contributed by atoms with E-state index in [0.29, 0.717) is 12.6 Å². The molecule has 1 fully saturated rings. The zero-order valence-electron chi connectivity index (χ0n) is 11.4. The standard InChI is InChI=1S/C14H22N4O/c1-11(19)17-13-4-7-18(8-5-13)14(9-15)12-3-2-6-16-10-12/h2-3,6,10,13-14H,4-5,7-9,15H2,1H3,(H,17,19). The molecule has 1 aromatic rings. The van der Waals surface area contributed by atoms with E-state index in [1.54, 1.807) is 13.1 Å². The Hall–Kier alpha value is -1.46. The number of pyridine rings is 1. The van der Waals surface area contributed by atoms with Crippen molar-refractivity contribution in [3.8, 4) is 0 Å². The smallest absolute Gasteiger partial charge is 0.217 e. The average molecular weight is 262 g/mol. The molecule has 104 valence electrons. The SMILES string of the molecule is CC(=O)NC1CCN(C(CN)c2cccnc2)CC1. The second kappa shape index (κ2) is 6.63. The highest BCUT2D eigenvalue weighted by atomic mass is 16.1. The van der Waals surface area contributed by atoms with Crippen molar-refractivity contribution in [2.24, 2.45) is 5.73 Å². The lowest BCUT2D eigenvalue weighted by Gasteiger charge is -2.37. The van der Waals surface area contributed by atoms with Gasteiger partial charge in [-0.2, -0.15) is 0 Å². The van der Waals surface area contributed by atoms with Gasteiger partial charge in [-0.05, 0) is 24.5 Å². The fourth-order valence-corrected chi connectivity index (χ4v) is 2.71. The summed E-state index contributed by atoms with van der Waals surface area (Å²) >= 11 is 0. The van der Waals surface area contributed by atoms with Gasteiger partial charge in [0.25, 0.3) is 0 Å². The maximum absolute atomic E-state index is 11.1. The highest BCUT2D eigenvalue weighted by Gasteiger charge is 2.25. The molecule has 1 amide bonds. The first-order chi connectivity index (χ1) is 9.20. The Morgan fingerprint density at radius 2 is 2.32 bits per heavy atom. The van der Waals surface area contributed by atoms with Gasteiger partial charge in [0.2, 0.25) is 5.91 Å². The predicted octanol–water partition coefficient (Wildman–Crippen LogP) is 0.682. The van der Waals surface area contributed by atoms with Gasteiger partial charge in [0.1, 0.15) is 0 Å². The molecule has 0 aromatic carbocycles. The molecule has 1 saturated heterocycles. The van der Waals surface area contributed by atoms with Gasteiger partial charge >= 0.3 is 0 Å². The number of carbonyl (C=O) groups excluding carboxylic acids is 1. The van der Waals surface area contributed by atoms with Crippen LogP contribution in [0.15, 0.2) is 24.5 Å². The summed E-state index contributed by atoms with van der Waals surface area (Å²) in [5, 5.41) is 2.99. The molecular formula is C14H22N4O. The van der Waals surface area contributed by atoms with Crippen LogP contribution in [0.5, 0.6) is 0 Å². The Kier molecular flexibility index (Phi) is 4.87. The van der Waals surface area contributed by atoms with Crippen molar-refractivity contribution in [3.63, 3.8) is 0 Å². The topological polar surface area (TPSA) is 71.2 Å². The Bertz CT molecular complexity index is 401. The van der Waals surface area contributed by atoms with Crippen molar-refractivity contribution >= 4 is 5.91 Å². The summed E-state index contributed by atoms with van der Waals surface area (Å²) < 4.78 is 0. The molecule has 0 aliphatic carbocycles. The molecule has 2 rings (SSSR count). The van der Waals surface area contributed by atoms with Crippen molar-refractivity contribution in [2.75, 3.05) is 19.6 Å². The highest BCUT2D eigenvalue weighted by Crippen LogP contribution is 2.23. The summed E-state index contributed by atoms with van der Waals surface area (Å²) in [5.41, 5.74) is 7.08. The molecule has 19 heavy (non-hydrogen) atoms. The summed E-state index contributed by atoms with van der Waals surface area (Å²) in [7, 11) is 0. The quantitative estimate of drug-likeness (QED) is 0.837. The maximum atomic E-state index is 11.1. The van der Waals surface area contributed by atoms with Gasteiger partial charge in [0.15, 0.2) is 0 Å². The number of likely N-dealkylation sites (tertiary alicyclic amines) is 1. The Balaban J connectivity index is 1.94. The van der Waals surface area contributed by atoms with Crippen molar-refractivity contribution in [2.45, 2.75) is 31.8 Å². The van der Waals surface area contributed by atoms with Crippen molar-refractivity contribution < 1.29 is 4.79 Å². The molecular weight excluding hydrogens is 240 g/mol. The lowest BCUT2D eigenvalue weighted by Crippen LogP contribution is -2.46. The van der Waals surface area contributed by atoms with E-state index < -0.39 is 0 Å². The minimum absolute atomic E-state index is 0.0566. The van der Waals surface area contributed by atoms with Crippen LogP contribution in [0.1, 0.15) is 31.4 Å². The number of hydrogen-bond donors (Lipinski definition) is 2. The number of nitrogens with zero attached hydrogens (tertiary/aromatic N) is 2. The number of amides is 1. The lowest BCUT2D eigenvalue weighted by atomic mass is 10.00. The van der Waals surface area contributed by atoms with Gasteiger partial charge in [-0.1, -0.05) is 6.07 Å². The number of hydrogen-bond acceptors (Lipinski definition) is 4. The monoisotopic (exact) mass is 262 g/mol. The molecule has 3 N–H and O–H groups in total. The van der Waals surface area contributed by atoms with Gasteiger partial charge in [0, 0.05) is 51.0 Å². The fourth-order valence-electron chi connectivity index (χ4n) is 2.71. The minimum Gasteiger partial charge on any atom is -0.354 e. The van der Waals surface area contributed by atoms with Crippen LogP contribution in [-0.4, -0.2) is 41.5 Å². The van der Waals surface area contributed by atoms with Crippen LogP contribution in [0.25, 0.3) is 0 Å². The number of nitrogens with one attached hydrogen (secondary N) is 1. The molecule has 1 atom stereocenters. The van der Waals surface area contributed by atoms with Crippen molar-refractivity contribution in [1.29, 1.82) is 0 Å². The summed E-state index contributed by atoms with van der Waals surface area (Å²) in [6, 6.07) is 4.56. The molecule has 1 unspecified atom stereocenters. The Morgan fingerprint density at radius 3 is 2.84 bits per heavy atom. The molecule has 5 nitrogen and oxygen atoms in total. The third-order valence-electron chi connectivity index (χ3n) is 3.67. The van der Waals surface area contributed by atoms with E-state index in [-0.39, 0.29) is 11.9 Å². The molecule has 0 bridgehead atoms. The van der Waals surface area contributed by atoms with Crippen LogP contribution in [0.2, 0.25) is 0 Å². The van der Waals surface area contributed by atoms with E-state index in [9.17, 15) is 4.79 Å². The van der Waals surface area contributed by atoms with Crippen LogP contribution in [0, 0.1) is 0 Å². The lowest BCUT2D eigenvalue weighted by molar-refractivity contribution is -0.120. The molecule has 1 aromatic heterocycles. The second-order valence-electron chi connectivity index (χ2n) is 5.05. The molecule has 2 heterocycles.